The molecule has 0 aliphatic heterocycles. The zero-order chi connectivity index (χ0) is 65.0. The number of amides is 5. The number of methoxy groups -OCH3 is 1. The van der Waals surface area contributed by atoms with Crippen LogP contribution in [0.4, 0.5) is 0 Å². The minimum absolute atomic E-state index is 0.00339. The molecule has 1 atom stereocenters. The Hall–Kier alpha value is -11.3. The van der Waals surface area contributed by atoms with Crippen LogP contribution in [-0.2, 0) is 40.8 Å². The molecule has 24 nitrogen and oxygen atoms in total. The number of carbonyl (C=O) groups excluding carboxylic acids is 6. The summed E-state index contributed by atoms with van der Waals surface area (Å²) < 4.78 is 8.33. The Kier molecular flexibility index (Phi) is 25.0. The van der Waals surface area contributed by atoms with Crippen molar-refractivity contribution in [3.05, 3.63) is 281 Å². The highest BCUT2D eigenvalue weighted by Crippen LogP contribution is 2.17. The lowest BCUT2D eigenvalue weighted by molar-refractivity contribution is -0.140. The fourth-order valence-corrected chi connectivity index (χ4v) is 9.64. The van der Waals surface area contributed by atoms with Gasteiger partial charge in [0, 0.05) is 70.0 Å². The van der Waals surface area contributed by atoms with Gasteiger partial charge in [0.25, 0.3) is 45.9 Å². The second kappa shape index (κ2) is 34.5. The molecule has 8 rings (SSSR count). The molecule has 0 fully saturated rings. The van der Waals surface area contributed by atoms with Gasteiger partial charge in [0.15, 0.2) is 0 Å². The van der Waals surface area contributed by atoms with E-state index in [1.807, 2.05) is 42.5 Å². The van der Waals surface area contributed by atoms with Crippen molar-refractivity contribution < 1.29 is 52.9 Å². The monoisotopic (exact) mass is 1250 g/mol. The smallest absolute Gasteiger partial charge is 0.305 e. The van der Waals surface area contributed by atoms with Gasteiger partial charge in [-0.15, -0.1) is 18.9 Å². The minimum atomic E-state index is -1.38. The maximum atomic E-state index is 15.4. The van der Waals surface area contributed by atoms with Crippen molar-refractivity contribution in [3.63, 3.8) is 0 Å². The van der Waals surface area contributed by atoms with Gasteiger partial charge < -0.3 is 49.8 Å². The summed E-state index contributed by atoms with van der Waals surface area (Å²) >= 11 is 0. The van der Waals surface area contributed by atoms with Crippen LogP contribution in [0.3, 0.4) is 0 Å². The SMILES string of the molecule is COC(=O)CCCNC(=O)C(CCCN(CCCNC(=O)c1cccc(=O)n1OCc1ccccc1)C(=O)c1cccc(=O)n1OCc1ccccc1)N(CCCNC(=O)c1cccc(=O)n1OCc1ccccc1)C(=O)c1cccc(=O)n1OCc1ccccc1. The van der Waals surface area contributed by atoms with Crippen molar-refractivity contribution in [1.82, 2.24) is 44.7 Å². The van der Waals surface area contributed by atoms with Crippen molar-refractivity contribution in [1.29, 1.82) is 0 Å². The van der Waals surface area contributed by atoms with Crippen molar-refractivity contribution in [2.24, 2.45) is 0 Å². The summed E-state index contributed by atoms with van der Waals surface area (Å²) in [5.74, 6) is -4.03. The van der Waals surface area contributed by atoms with Crippen molar-refractivity contribution in [3.8, 4) is 0 Å². The predicted molar refractivity (Wildman–Crippen MR) is 338 cm³/mol. The molecule has 4 aromatic carbocycles. The van der Waals surface area contributed by atoms with E-state index in [-0.39, 0.29) is 127 Å². The molecule has 0 aliphatic rings. The third-order valence-electron chi connectivity index (χ3n) is 14.3. The molecule has 4 heterocycles. The predicted octanol–water partition coefficient (Wildman–Crippen LogP) is 4.29. The largest absolute Gasteiger partial charge is 0.469 e. The summed E-state index contributed by atoms with van der Waals surface area (Å²) in [6, 6.07) is 50.8. The van der Waals surface area contributed by atoms with Crippen molar-refractivity contribution in [2.75, 3.05) is 46.4 Å². The van der Waals surface area contributed by atoms with Crippen LogP contribution in [0.15, 0.2) is 213 Å². The Bertz CT molecular complexity index is 4010. The third-order valence-corrected chi connectivity index (χ3v) is 14.3. The van der Waals surface area contributed by atoms with Crippen LogP contribution >= 0.6 is 0 Å². The van der Waals surface area contributed by atoms with Crippen LogP contribution < -0.4 is 57.5 Å². The summed E-state index contributed by atoms with van der Waals surface area (Å²) in [6.07, 6.45) is 0.0690. The van der Waals surface area contributed by atoms with E-state index in [0.29, 0.717) is 11.1 Å². The van der Waals surface area contributed by atoms with E-state index in [1.54, 1.807) is 78.9 Å². The fourth-order valence-electron chi connectivity index (χ4n) is 9.64. The molecule has 0 saturated carbocycles. The second-order valence-electron chi connectivity index (χ2n) is 20.8. The fraction of sp³-hybridized carbons (Fsp3) is 0.265. The molecule has 0 saturated heterocycles. The Morgan fingerprint density at radius 3 is 1.14 bits per heavy atom. The average Bonchev–Trinajstić information content (AvgIpc) is 0.902. The van der Waals surface area contributed by atoms with Gasteiger partial charge in [-0.25, -0.2) is 0 Å². The van der Waals surface area contributed by atoms with Crippen LogP contribution in [0.25, 0.3) is 0 Å². The number of nitrogens with zero attached hydrogens (tertiary/aromatic N) is 6. The van der Waals surface area contributed by atoms with E-state index < -0.39 is 63.8 Å². The molecular weight excluding hydrogens is 1180 g/mol. The first-order valence-corrected chi connectivity index (χ1v) is 29.9. The van der Waals surface area contributed by atoms with Gasteiger partial charge in [0.05, 0.1) is 7.11 Å². The van der Waals surface area contributed by atoms with Gasteiger partial charge in [-0.1, -0.05) is 146 Å². The number of aromatic nitrogens is 4. The Morgan fingerprint density at radius 2 is 0.739 bits per heavy atom. The molecule has 4 aromatic heterocycles. The average molecular weight is 1250 g/mol. The van der Waals surface area contributed by atoms with E-state index >= 15 is 9.59 Å². The van der Waals surface area contributed by atoms with Gasteiger partial charge in [0.2, 0.25) is 5.91 Å². The number of rotatable bonds is 34. The maximum Gasteiger partial charge on any atom is 0.305 e. The molecule has 0 aliphatic carbocycles. The summed E-state index contributed by atoms with van der Waals surface area (Å²) in [5, 5.41) is 8.43. The number of ether oxygens (including phenoxy) is 1. The highest BCUT2D eigenvalue weighted by atomic mass is 16.7. The zero-order valence-corrected chi connectivity index (χ0v) is 50.7. The number of pyridine rings is 4. The Balaban J connectivity index is 1.08. The summed E-state index contributed by atoms with van der Waals surface area (Å²) in [4.78, 5) is 165. The number of hydrogen-bond donors (Lipinski definition) is 3. The van der Waals surface area contributed by atoms with Gasteiger partial charge in [-0.2, -0.15) is 0 Å². The van der Waals surface area contributed by atoms with E-state index in [9.17, 15) is 38.4 Å². The van der Waals surface area contributed by atoms with E-state index in [2.05, 4.69) is 16.0 Å². The topological polar surface area (TPSA) is 279 Å². The van der Waals surface area contributed by atoms with E-state index in [1.165, 1.54) is 89.7 Å². The molecule has 5 amide bonds. The second-order valence-corrected chi connectivity index (χ2v) is 20.8. The number of esters is 1. The Morgan fingerprint density at radius 1 is 0.391 bits per heavy atom. The van der Waals surface area contributed by atoms with E-state index in [4.69, 9.17) is 24.1 Å². The molecule has 0 radical (unpaired) electrons. The maximum absolute atomic E-state index is 15.4. The molecular formula is C68H71N9O15. The molecule has 3 N–H and O–H groups in total. The van der Waals surface area contributed by atoms with Crippen molar-refractivity contribution >= 4 is 35.5 Å². The first-order chi connectivity index (χ1) is 44.8. The highest BCUT2D eigenvalue weighted by molar-refractivity contribution is 5.97. The third kappa shape index (κ3) is 19.1. The number of hydrogen-bond acceptors (Lipinski definition) is 15. The van der Waals surface area contributed by atoms with Gasteiger partial charge in [0.1, 0.15) is 55.2 Å². The van der Waals surface area contributed by atoms with Gasteiger partial charge in [-0.05, 0) is 78.6 Å². The molecule has 478 valence electrons. The number of carbonyl (C=O) groups is 6. The molecule has 1 unspecified atom stereocenters. The number of benzene rings is 4. The Labute approximate surface area is 528 Å². The lowest BCUT2D eigenvalue weighted by atomic mass is 10.1. The lowest BCUT2D eigenvalue weighted by Gasteiger charge is -2.32. The van der Waals surface area contributed by atoms with Crippen molar-refractivity contribution in [2.45, 2.75) is 71.0 Å². The minimum Gasteiger partial charge on any atom is -0.469 e. The van der Waals surface area contributed by atoms with Gasteiger partial charge >= 0.3 is 5.97 Å². The normalized spacial score (nSPS) is 11.1. The van der Waals surface area contributed by atoms with Crippen LogP contribution in [-0.4, -0.2) is 117 Å². The molecule has 0 bridgehead atoms. The van der Waals surface area contributed by atoms with Crippen LogP contribution in [0.5, 0.6) is 0 Å². The summed E-state index contributed by atoms with van der Waals surface area (Å²) in [7, 11) is 1.24. The molecule has 0 spiro atoms. The van der Waals surface area contributed by atoms with Crippen LogP contribution in [0.1, 0.15) is 103 Å². The lowest BCUT2D eigenvalue weighted by Crippen LogP contribution is -2.52. The first-order valence-electron chi connectivity index (χ1n) is 29.9. The first kappa shape index (κ1) is 66.6. The highest BCUT2D eigenvalue weighted by Gasteiger charge is 2.33. The van der Waals surface area contributed by atoms with Crippen LogP contribution in [0.2, 0.25) is 0 Å². The standard InChI is InChI=1S/C68H71N9O15/c1-88-63(82)39-18-40-69-64(83)54(73(68(87)58-33-17-38-62(81)77(58)92-49-53-28-12-5-13-29-53)45-21-42-71-66(85)56-31-15-36-60(79)75(56)90-47-51-24-8-3-9-25-51)34-19-43-72(67(86)57-32-16-37-61(80)76(57)91-48-52-26-10-4-11-27-52)44-20-41-70-65(84)55-30-14-35-59(78)74(55)89-46-50-22-6-2-7-23-50/h2-17,22-33,35-38,54H,18-21,34,39-49H2,1H3,(H,69,83)(H,70,84)(H,71,85). The quantitative estimate of drug-likeness (QED) is 0.0375. The van der Waals surface area contributed by atoms with E-state index in [0.717, 1.165) is 30.0 Å². The van der Waals surface area contributed by atoms with Gasteiger partial charge in [-0.3, -0.25) is 47.9 Å². The zero-order valence-electron chi connectivity index (χ0n) is 50.7. The summed E-state index contributed by atoms with van der Waals surface area (Å²) in [6.45, 7) is -0.831. The molecule has 92 heavy (non-hydrogen) atoms. The molecule has 8 aromatic rings. The molecule has 24 heteroatoms. The number of nitrogens with one attached hydrogen (secondary N) is 3. The summed E-state index contributed by atoms with van der Waals surface area (Å²) in [5.41, 5.74) is -0.223. The van der Waals surface area contributed by atoms with Crippen LogP contribution in [0, 0.1) is 0 Å².